The molecule has 1 saturated heterocycles. The highest BCUT2D eigenvalue weighted by molar-refractivity contribution is 5.94. The first-order chi connectivity index (χ1) is 12.1. The Morgan fingerprint density at radius 1 is 1.40 bits per heavy atom. The van der Waals surface area contributed by atoms with Gasteiger partial charge in [0.2, 0.25) is 0 Å². The third-order valence-electron chi connectivity index (χ3n) is 4.60. The monoisotopic (exact) mass is 341 g/mol. The number of anilines is 1. The van der Waals surface area contributed by atoms with Crippen molar-refractivity contribution >= 4 is 11.6 Å². The van der Waals surface area contributed by atoms with Crippen LogP contribution in [-0.4, -0.2) is 40.3 Å². The van der Waals surface area contributed by atoms with Crippen molar-refractivity contribution in [2.24, 2.45) is 13.0 Å². The Morgan fingerprint density at radius 3 is 3.00 bits per heavy atom. The van der Waals surface area contributed by atoms with Crippen molar-refractivity contribution in [1.82, 2.24) is 20.1 Å². The van der Waals surface area contributed by atoms with Crippen LogP contribution in [-0.2, 0) is 13.5 Å². The van der Waals surface area contributed by atoms with Crippen LogP contribution in [0.3, 0.4) is 0 Å². The third-order valence-corrected chi connectivity index (χ3v) is 4.60. The maximum absolute atomic E-state index is 12.3. The summed E-state index contributed by atoms with van der Waals surface area (Å²) in [6, 6.07) is 5.18. The zero-order valence-electron chi connectivity index (χ0n) is 14.6. The zero-order valence-corrected chi connectivity index (χ0v) is 14.6. The number of carbonyl (C=O) groups is 1. The zero-order chi connectivity index (χ0) is 17.8. The lowest BCUT2D eigenvalue weighted by atomic mass is 10.1. The van der Waals surface area contributed by atoms with Crippen LogP contribution < -0.4 is 15.8 Å². The van der Waals surface area contributed by atoms with Gasteiger partial charge in [-0.25, -0.2) is 4.68 Å². The molecule has 0 radical (unpaired) electrons. The quantitative estimate of drug-likeness (QED) is 0.877. The van der Waals surface area contributed by atoms with Gasteiger partial charge in [0.05, 0.1) is 11.9 Å². The van der Waals surface area contributed by atoms with E-state index in [9.17, 15) is 9.59 Å². The molecule has 1 atom stereocenters. The Labute approximate surface area is 146 Å². The second kappa shape index (κ2) is 7.46. The highest BCUT2D eigenvalue weighted by atomic mass is 16.1. The summed E-state index contributed by atoms with van der Waals surface area (Å²) in [7, 11) is 1.64. The minimum absolute atomic E-state index is 0.0641. The van der Waals surface area contributed by atoms with Gasteiger partial charge >= 0.3 is 0 Å². The van der Waals surface area contributed by atoms with Crippen LogP contribution in [0.4, 0.5) is 5.69 Å². The molecule has 7 nitrogen and oxygen atoms in total. The van der Waals surface area contributed by atoms with Crippen molar-refractivity contribution < 1.29 is 4.79 Å². The Hall–Kier alpha value is -2.70. The van der Waals surface area contributed by atoms with E-state index >= 15 is 0 Å². The second-order valence-corrected chi connectivity index (χ2v) is 6.38. The van der Waals surface area contributed by atoms with Crippen molar-refractivity contribution in [3.05, 3.63) is 52.2 Å². The van der Waals surface area contributed by atoms with Gasteiger partial charge in [0.1, 0.15) is 0 Å². The topological polar surface area (TPSA) is 80.1 Å². The summed E-state index contributed by atoms with van der Waals surface area (Å²) in [5.41, 5.74) is 2.30. The van der Waals surface area contributed by atoms with E-state index in [1.165, 1.54) is 4.68 Å². The largest absolute Gasteiger partial charge is 0.370 e. The molecule has 1 fully saturated rings. The number of nitrogens with one attached hydrogen (secondary N) is 1. The minimum atomic E-state index is -0.112. The van der Waals surface area contributed by atoms with Crippen molar-refractivity contribution in [1.29, 1.82) is 0 Å². The number of hydrogen-bond donors (Lipinski definition) is 1. The van der Waals surface area contributed by atoms with Crippen LogP contribution in [0.25, 0.3) is 0 Å². The van der Waals surface area contributed by atoms with E-state index in [-0.39, 0.29) is 11.5 Å². The molecule has 0 aromatic carbocycles. The molecule has 1 amide bonds. The lowest BCUT2D eigenvalue weighted by molar-refractivity contribution is 0.0948. The van der Waals surface area contributed by atoms with E-state index in [0.29, 0.717) is 18.0 Å². The summed E-state index contributed by atoms with van der Waals surface area (Å²) < 4.78 is 1.32. The van der Waals surface area contributed by atoms with Gasteiger partial charge in [0.25, 0.3) is 11.5 Å². The van der Waals surface area contributed by atoms with Gasteiger partial charge in [0, 0.05) is 50.2 Å². The lowest BCUT2D eigenvalue weighted by Gasteiger charge is -2.18. The number of carbonyl (C=O) groups excluding carboxylic acids is 1. The first kappa shape index (κ1) is 17.1. The summed E-state index contributed by atoms with van der Waals surface area (Å²) in [4.78, 5) is 30.4. The van der Waals surface area contributed by atoms with E-state index < -0.39 is 0 Å². The molecule has 0 spiro atoms. The van der Waals surface area contributed by atoms with E-state index in [0.717, 1.165) is 37.3 Å². The molecule has 7 heteroatoms. The number of aromatic nitrogens is 3. The van der Waals surface area contributed by atoms with E-state index in [2.05, 4.69) is 20.3 Å². The van der Waals surface area contributed by atoms with Gasteiger partial charge in [-0.3, -0.25) is 14.6 Å². The van der Waals surface area contributed by atoms with Crippen molar-refractivity contribution in [3.8, 4) is 0 Å². The molecular formula is C18H23N5O2. The normalized spacial score (nSPS) is 16.9. The fraction of sp³-hybridized carbons (Fsp3) is 0.444. The summed E-state index contributed by atoms with van der Waals surface area (Å²) in [5, 5.41) is 7.08. The first-order valence-corrected chi connectivity index (χ1v) is 8.58. The Balaban J connectivity index is 1.55. The van der Waals surface area contributed by atoms with Crippen LogP contribution in [0.5, 0.6) is 0 Å². The predicted molar refractivity (Wildman–Crippen MR) is 95.7 cm³/mol. The Kier molecular flexibility index (Phi) is 5.11. The standard InChI is InChI=1S/C18H23N5O2/c1-3-15-8-14(4-6-19-15)18(25)20-10-13-5-7-23(12-13)16-9-17(24)22(2)21-11-16/h4,6,8-9,11,13H,3,5,7,10,12H2,1-2H3,(H,20,25). The van der Waals surface area contributed by atoms with Gasteiger partial charge in [-0.05, 0) is 30.9 Å². The van der Waals surface area contributed by atoms with E-state index in [4.69, 9.17) is 0 Å². The van der Waals surface area contributed by atoms with Crippen molar-refractivity contribution in [3.63, 3.8) is 0 Å². The summed E-state index contributed by atoms with van der Waals surface area (Å²) >= 11 is 0. The number of rotatable bonds is 5. The lowest BCUT2D eigenvalue weighted by Crippen LogP contribution is -2.31. The SMILES string of the molecule is CCc1cc(C(=O)NCC2CCN(c3cnn(C)c(=O)c3)C2)ccn1. The minimum Gasteiger partial charge on any atom is -0.370 e. The fourth-order valence-corrected chi connectivity index (χ4v) is 3.02. The molecule has 2 aromatic heterocycles. The third kappa shape index (κ3) is 4.04. The highest BCUT2D eigenvalue weighted by Gasteiger charge is 2.24. The molecule has 132 valence electrons. The summed E-state index contributed by atoms with van der Waals surface area (Å²) in [6.07, 6.45) is 5.18. The van der Waals surface area contributed by atoms with Crippen LogP contribution in [0.2, 0.25) is 0 Å². The smallest absolute Gasteiger partial charge is 0.268 e. The van der Waals surface area contributed by atoms with Crippen molar-refractivity contribution in [2.75, 3.05) is 24.5 Å². The molecule has 0 aliphatic carbocycles. The molecule has 25 heavy (non-hydrogen) atoms. The average molecular weight is 341 g/mol. The maximum Gasteiger partial charge on any atom is 0.268 e. The van der Waals surface area contributed by atoms with Crippen LogP contribution in [0.1, 0.15) is 29.4 Å². The molecule has 1 unspecified atom stereocenters. The first-order valence-electron chi connectivity index (χ1n) is 8.58. The number of amides is 1. The van der Waals surface area contributed by atoms with Gasteiger partial charge in [-0.1, -0.05) is 6.92 Å². The molecule has 1 aliphatic rings. The number of pyridine rings is 1. The van der Waals surface area contributed by atoms with E-state index in [1.54, 1.807) is 31.6 Å². The van der Waals surface area contributed by atoms with E-state index in [1.807, 2.05) is 13.0 Å². The number of aryl methyl sites for hydroxylation is 2. The molecule has 0 bridgehead atoms. The van der Waals surface area contributed by atoms with Gasteiger partial charge in [-0.2, -0.15) is 5.10 Å². The molecule has 2 aromatic rings. The molecular weight excluding hydrogens is 318 g/mol. The highest BCUT2D eigenvalue weighted by Crippen LogP contribution is 2.21. The van der Waals surface area contributed by atoms with Crippen molar-refractivity contribution in [2.45, 2.75) is 19.8 Å². The van der Waals surface area contributed by atoms with Gasteiger partial charge < -0.3 is 10.2 Å². The van der Waals surface area contributed by atoms with Gasteiger partial charge in [-0.15, -0.1) is 0 Å². The van der Waals surface area contributed by atoms with Crippen LogP contribution >= 0.6 is 0 Å². The molecule has 0 saturated carbocycles. The average Bonchev–Trinajstić information content (AvgIpc) is 3.11. The maximum atomic E-state index is 12.3. The van der Waals surface area contributed by atoms with Crippen LogP contribution in [0, 0.1) is 5.92 Å². The van der Waals surface area contributed by atoms with Gasteiger partial charge in [0.15, 0.2) is 0 Å². The molecule has 3 rings (SSSR count). The fourth-order valence-electron chi connectivity index (χ4n) is 3.02. The molecule has 3 heterocycles. The molecule has 1 N–H and O–H groups in total. The summed E-state index contributed by atoms with van der Waals surface area (Å²) in [6.45, 7) is 4.32. The number of nitrogens with zero attached hydrogens (tertiary/aromatic N) is 4. The Morgan fingerprint density at radius 2 is 2.24 bits per heavy atom. The molecule has 1 aliphatic heterocycles. The summed E-state index contributed by atoms with van der Waals surface area (Å²) in [5.74, 6) is 0.297. The van der Waals surface area contributed by atoms with Crippen LogP contribution in [0.15, 0.2) is 35.4 Å². The Bertz CT molecular complexity index is 817. The number of hydrogen-bond acceptors (Lipinski definition) is 5. The second-order valence-electron chi connectivity index (χ2n) is 6.38. The predicted octanol–water partition coefficient (Wildman–Crippen LogP) is 0.994.